The minimum atomic E-state index is -0.856. The Kier molecular flexibility index (Phi) is 27.0. The number of aliphatic hydroxyl groups excluding tert-OH is 1. The summed E-state index contributed by atoms with van der Waals surface area (Å²) in [5.41, 5.74) is 32.5. The zero-order valence-electron chi connectivity index (χ0n) is 70.4. The van der Waals surface area contributed by atoms with Crippen LogP contribution in [0.3, 0.4) is 0 Å². The molecule has 0 saturated carbocycles. The Morgan fingerprint density at radius 1 is 0.424 bits per heavy atom. The number of nitrogens with one attached hydrogen (secondary N) is 1. The summed E-state index contributed by atoms with van der Waals surface area (Å²) in [4.78, 5) is 88.2. The fraction of sp³-hybridized carbons (Fsp3) is 0.362. The summed E-state index contributed by atoms with van der Waals surface area (Å²) < 4.78 is 5.57. The second-order valence-electron chi connectivity index (χ2n) is 31.1. The minimum Gasteiger partial charge on any atom is -0.481 e. The van der Waals surface area contributed by atoms with E-state index in [4.69, 9.17) is 9.94 Å². The number of carboxylic acids is 1. The lowest BCUT2D eigenvalue weighted by molar-refractivity contribution is -0.159. The molecule has 118 heavy (non-hydrogen) atoms. The molecule has 3 atom stereocenters. The van der Waals surface area contributed by atoms with Crippen molar-refractivity contribution in [3.8, 4) is 0 Å². The van der Waals surface area contributed by atoms with Gasteiger partial charge < -0.3 is 29.8 Å². The van der Waals surface area contributed by atoms with E-state index in [9.17, 15) is 39.1 Å². The molecule has 0 bridgehead atoms. The molecule has 12 aromatic rings. The predicted octanol–water partition coefficient (Wildman–Crippen LogP) is 14.9. The average molecular weight is 1590 g/mol. The maximum absolute atomic E-state index is 13.4. The Bertz CT molecular complexity index is 5780. The number of aryl methyl sites for hydroxylation is 12. The van der Waals surface area contributed by atoms with Gasteiger partial charge >= 0.3 is 11.9 Å². The maximum atomic E-state index is 13.4. The molecule has 4 N–H and O–H groups in total. The molecule has 9 aromatic carbocycles. The number of aromatic nitrogens is 9. The van der Waals surface area contributed by atoms with Crippen LogP contribution >= 0.6 is 0 Å². The maximum Gasteiger partial charge on any atom is 0.325 e. The van der Waals surface area contributed by atoms with Crippen molar-refractivity contribution in [2.45, 2.75) is 186 Å². The molecule has 3 aliphatic heterocycles. The molecule has 3 aromatic heterocycles. The van der Waals surface area contributed by atoms with E-state index in [2.05, 4.69) is 97.9 Å². The lowest BCUT2D eigenvalue weighted by atomic mass is 9.83. The first kappa shape index (κ1) is 85.3. The van der Waals surface area contributed by atoms with E-state index < -0.39 is 5.97 Å². The number of benzene rings is 9. The number of hydrogen-bond acceptors (Lipinski definition) is 16. The van der Waals surface area contributed by atoms with Gasteiger partial charge in [0.15, 0.2) is 0 Å². The summed E-state index contributed by atoms with van der Waals surface area (Å²) in [7, 11) is 2.93. The monoisotopic (exact) mass is 1590 g/mol. The summed E-state index contributed by atoms with van der Waals surface area (Å²) in [6.07, 6.45) is 2.59. The molecule has 0 spiro atoms. The van der Waals surface area contributed by atoms with Crippen LogP contribution < -0.4 is 5.48 Å². The third-order valence-electron chi connectivity index (χ3n) is 23.7. The number of rotatable bonds is 19. The summed E-state index contributed by atoms with van der Waals surface area (Å²) in [6, 6.07) is 48.7. The zero-order valence-corrected chi connectivity index (χ0v) is 70.4. The first-order valence-corrected chi connectivity index (χ1v) is 40.7. The number of carbonyl (C=O) groups is 6. The van der Waals surface area contributed by atoms with Crippen molar-refractivity contribution in [2.24, 2.45) is 0 Å². The number of hydrogen-bond donors (Lipinski definition) is 4. The fourth-order valence-electron chi connectivity index (χ4n) is 16.5. The number of carboxylic acid groups (broad SMARTS) is 1. The van der Waals surface area contributed by atoms with Crippen LogP contribution in [0.4, 0.5) is 0 Å². The van der Waals surface area contributed by atoms with E-state index in [-0.39, 0.29) is 73.2 Å². The largest absolute Gasteiger partial charge is 0.481 e. The smallest absolute Gasteiger partial charge is 0.325 e. The van der Waals surface area contributed by atoms with Gasteiger partial charge in [-0.15, -0.1) is 15.3 Å². The van der Waals surface area contributed by atoms with Crippen molar-refractivity contribution in [1.82, 2.24) is 70.2 Å². The lowest BCUT2D eigenvalue weighted by Gasteiger charge is -2.30. The Labute approximate surface area is 689 Å². The molecule has 614 valence electrons. The van der Waals surface area contributed by atoms with Crippen LogP contribution in [0.1, 0.15) is 213 Å². The Hall–Kier alpha value is -12.1. The van der Waals surface area contributed by atoms with E-state index in [0.717, 1.165) is 154 Å². The molecule has 24 heteroatoms. The van der Waals surface area contributed by atoms with Gasteiger partial charge in [0.2, 0.25) is 5.91 Å². The highest BCUT2D eigenvalue weighted by Gasteiger charge is 2.32. The number of hydroxylamine groups is 3. The quantitative estimate of drug-likeness (QED) is 0.0432. The van der Waals surface area contributed by atoms with Gasteiger partial charge in [-0.2, -0.15) is 5.48 Å². The molecule has 15 rings (SSSR count). The molecular weight excluding hydrogens is 1490 g/mol. The molecule has 0 fully saturated rings. The summed E-state index contributed by atoms with van der Waals surface area (Å²) in [6.45, 7) is 32.0. The summed E-state index contributed by atoms with van der Waals surface area (Å²) in [5.74, 6) is -2.33. The molecule has 0 aliphatic carbocycles. The first-order valence-electron chi connectivity index (χ1n) is 40.7. The molecular formula is C94H108N14O10. The van der Waals surface area contributed by atoms with Gasteiger partial charge in [-0.05, 0) is 281 Å². The van der Waals surface area contributed by atoms with E-state index in [0.29, 0.717) is 62.0 Å². The van der Waals surface area contributed by atoms with Gasteiger partial charge in [-0.25, -0.2) is 19.1 Å². The van der Waals surface area contributed by atoms with Crippen molar-refractivity contribution in [3.05, 3.63) is 279 Å². The van der Waals surface area contributed by atoms with Gasteiger partial charge in [0.25, 0.3) is 17.7 Å². The van der Waals surface area contributed by atoms with Crippen LogP contribution in [-0.2, 0) is 77.8 Å². The van der Waals surface area contributed by atoms with Gasteiger partial charge in [0.05, 0.1) is 29.4 Å². The molecule has 0 saturated heterocycles. The SMILES string of the molecule is CCO.CCn1nnc2c(C)c([C@@H](CC(=O)N(C)O)c3ccc4c(c3)CN(C(=O)c3ccc(C)c(C)c3)CC4)ccc21.CCn1nnc2c(C)c([C@@H](CC(=O)O)c3ccc4c(c3)CN(C(=O)c3ccc(C)c(C)c3)CC4)ccc21.CCn1nnc2c(C)c([C@@H](CC(=O)ONC)c3ccc4c(c3)CN(C(=O)c3ccc(C)c(C)c3)CC4)ccc21. The van der Waals surface area contributed by atoms with E-state index in [1.807, 2.05) is 196 Å². The van der Waals surface area contributed by atoms with Gasteiger partial charge in [-0.3, -0.25) is 34.0 Å². The number of fused-ring (bicyclic) bond motifs is 6. The summed E-state index contributed by atoms with van der Waals surface area (Å²) >= 11 is 0. The van der Waals surface area contributed by atoms with Crippen LogP contribution in [0.15, 0.2) is 146 Å². The summed E-state index contributed by atoms with van der Waals surface area (Å²) in [5, 5.41) is 53.9. The zero-order chi connectivity index (χ0) is 84.5. The average Bonchev–Trinajstić information content (AvgIpc) is 1.47. The minimum absolute atomic E-state index is 0.0292. The third-order valence-corrected chi connectivity index (χ3v) is 23.7. The lowest BCUT2D eigenvalue weighted by Crippen LogP contribution is -2.36. The van der Waals surface area contributed by atoms with Crippen molar-refractivity contribution in [3.63, 3.8) is 0 Å². The fourth-order valence-corrected chi connectivity index (χ4v) is 16.5. The Morgan fingerprint density at radius 3 is 1.03 bits per heavy atom. The molecule has 0 radical (unpaired) electrons. The number of aliphatic hydroxyl groups is 1. The van der Waals surface area contributed by atoms with E-state index in [1.165, 1.54) is 40.4 Å². The highest BCUT2D eigenvalue weighted by atomic mass is 16.7. The normalized spacial score (nSPS) is 13.7. The van der Waals surface area contributed by atoms with E-state index in [1.54, 1.807) is 14.0 Å². The van der Waals surface area contributed by atoms with Crippen molar-refractivity contribution in [2.75, 3.05) is 40.3 Å². The second kappa shape index (κ2) is 37.4. The Morgan fingerprint density at radius 2 is 0.737 bits per heavy atom. The van der Waals surface area contributed by atoms with Crippen LogP contribution in [0, 0.1) is 62.3 Å². The highest BCUT2D eigenvalue weighted by Crippen LogP contribution is 2.40. The van der Waals surface area contributed by atoms with Crippen molar-refractivity contribution >= 4 is 68.7 Å². The number of nitrogens with zero attached hydrogens (tertiary/aromatic N) is 13. The van der Waals surface area contributed by atoms with Gasteiger partial charge in [0.1, 0.15) is 16.6 Å². The van der Waals surface area contributed by atoms with E-state index >= 15 is 0 Å². The molecule has 4 amide bonds. The number of amides is 4. The van der Waals surface area contributed by atoms with Crippen molar-refractivity contribution < 1.29 is 49.0 Å². The van der Waals surface area contributed by atoms with Crippen LogP contribution in [0.5, 0.6) is 0 Å². The predicted molar refractivity (Wildman–Crippen MR) is 456 cm³/mol. The van der Waals surface area contributed by atoms with Crippen LogP contribution in [0.25, 0.3) is 33.1 Å². The highest BCUT2D eigenvalue weighted by molar-refractivity contribution is 5.96. The molecule has 6 heterocycles. The Balaban J connectivity index is 0.000000160. The molecule has 0 unspecified atom stereocenters. The topological polar surface area (TPSA) is 289 Å². The first-order chi connectivity index (χ1) is 56.6. The van der Waals surface area contributed by atoms with Crippen LogP contribution in [0.2, 0.25) is 0 Å². The van der Waals surface area contributed by atoms with Gasteiger partial charge in [-0.1, -0.05) is 107 Å². The van der Waals surface area contributed by atoms with Crippen molar-refractivity contribution in [1.29, 1.82) is 0 Å². The third kappa shape index (κ3) is 18.5. The van der Waals surface area contributed by atoms with Crippen LogP contribution in [-0.4, -0.2) is 156 Å². The number of aliphatic carboxylic acids is 1. The number of carbonyl (C=O) groups excluding carboxylic acids is 5. The molecule has 24 nitrogen and oxygen atoms in total. The standard InChI is InChI=1S/2C31H35N5O3.C30H32N4O3.C2H6O/c1-6-36-28-12-11-26(21(4)30(28)32-33-36)27(17-29(37)34(5)39)23-10-9-22-13-14-35(18-25(22)16-23)31(38)24-8-7-19(2)20(3)15-24;1-6-36-28-12-11-26(21(4)30(28)33-34-36)27(17-29(37)39-32-5)23-10-9-22-13-14-35(18-25(22)16-23)31(38)24-8-7-19(2)20(3)15-24;1-5-34-27-11-10-25(20(4)29(27)31-32-34)26(16-28(35)36)22-9-8-21-12-13-33(17-24(21)15-22)30(37)23-7-6-18(2)19(3)14-23;1-2-3/h7-12,15-16,27,39H,6,13-14,17-18H2,1-5H3;7-12,15-16,27,32H,6,13-14,17-18H2,1-5H3;6-11,14-15,26H,5,12-13,16-17H2,1-4H3,(H,35,36);3H,2H2,1H3/t2*27-;26-;/m000./s1. The molecule has 3 aliphatic rings. The van der Waals surface area contributed by atoms with Gasteiger partial charge in [0, 0.05) is 120 Å². The second-order valence-corrected chi connectivity index (χ2v) is 31.1.